The number of rotatable bonds is 6. The van der Waals surface area contributed by atoms with Crippen LogP contribution in [-0.4, -0.2) is 71.4 Å². The molecule has 3 aliphatic rings. The van der Waals surface area contributed by atoms with Gasteiger partial charge in [-0.1, -0.05) is 27.4 Å². The second kappa shape index (κ2) is 15.6. The zero-order valence-corrected chi connectivity index (χ0v) is 25.7. The lowest BCUT2D eigenvalue weighted by atomic mass is 9.93. The molecule has 4 N–H and O–H groups in total. The molecule has 41 heavy (non-hydrogen) atoms. The van der Waals surface area contributed by atoms with Crippen molar-refractivity contribution in [2.75, 3.05) is 31.5 Å². The van der Waals surface area contributed by atoms with Gasteiger partial charge in [0.1, 0.15) is 11.6 Å². The molecule has 1 aromatic carbocycles. The van der Waals surface area contributed by atoms with Crippen molar-refractivity contribution in [3.63, 3.8) is 0 Å². The molecule has 0 saturated carbocycles. The van der Waals surface area contributed by atoms with Crippen LogP contribution in [0.4, 0.5) is 10.5 Å². The summed E-state index contributed by atoms with van der Waals surface area (Å²) in [6.45, 7) is 18.3. The van der Waals surface area contributed by atoms with Crippen LogP contribution in [0.25, 0.3) is 0 Å². The number of nitrogens with two attached hydrogens (primary N) is 1. The van der Waals surface area contributed by atoms with Gasteiger partial charge >= 0.3 is 6.09 Å². The molecule has 3 aliphatic heterocycles. The van der Waals surface area contributed by atoms with E-state index in [0.29, 0.717) is 48.7 Å². The van der Waals surface area contributed by atoms with Gasteiger partial charge in [0.25, 0.3) is 11.8 Å². The van der Waals surface area contributed by atoms with Crippen LogP contribution < -0.4 is 16.4 Å². The van der Waals surface area contributed by atoms with E-state index >= 15 is 0 Å². The fourth-order valence-corrected chi connectivity index (χ4v) is 4.81. The Morgan fingerprint density at radius 3 is 2.27 bits per heavy atom. The van der Waals surface area contributed by atoms with Gasteiger partial charge in [-0.2, -0.15) is 0 Å². The van der Waals surface area contributed by atoms with Crippen LogP contribution in [-0.2, 0) is 9.53 Å². The highest BCUT2D eigenvalue weighted by molar-refractivity contribution is 6.23. The van der Waals surface area contributed by atoms with Crippen molar-refractivity contribution in [1.29, 1.82) is 0 Å². The lowest BCUT2D eigenvalue weighted by Gasteiger charge is -2.33. The number of imide groups is 1. The lowest BCUT2D eigenvalue weighted by molar-refractivity contribution is -0.125. The van der Waals surface area contributed by atoms with Gasteiger partial charge in [0, 0.05) is 31.0 Å². The van der Waals surface area contributed by atoms with Crippen LogP contribution in [0, 0.1) is 5.92 Å². The summed E-state index contributed by atoms with van der Waals surface area (Å²) in [4.78, 5) is 53.3. The summed E-state index contributed by atoms with van der Waals surface area (Å²) in [5.41, 5.74) is 6.55. The maximum atomic E-state index is 13.0. The minimum atomic E-state index is -0.809. The first-order chi connectivity index (χ1) is 19.4. The molecule has 0 aliphatic carbocycles. The van der Waals surface area contributed by atoms with Gasteiger partial charge in [-0.05, 0) is 90.0 Å². The molecule has 0 radical (unpaired) electrons. The van der Waals surface area contributed by atoms with Crippen LogP contribution in [0.3, 0.4) is 0 Å². The molecule has 3 heterocycles. The number of piperidine rings is 2. The van der Waals surface area contributed by atoms with E-state index in [-0.39, 0.29) is 12.0 Å². The molecule has 0 aromatic heterocycles. The average Bonchev–Trinajstić information content (AvgIpc) is 3.18. The Kier molecular flexibility index (Phi) is 12.8. The standard InChI is InChI=1S/C26H34N4O5.C3H9N.C2H6/c1-16-5-8-21(22(31)28-16)30-23(32)19-7-6-18(15-20(19)24(30)33)27-12-9-17-10-13-29(14-11-17)25(34)35-26(2,3)4;1-2-3-4;1-2/h6-7,15,17,21,27H,1,5,8-14H2,2-4H3,(H,28,31);2-4H2,1H3;1-2H3. The number of carbonyl (C=O) groups is 4. The summed E-state index contributed by atoms with van der Waals surface area (Å²) >= 11 is 0. The number of hydrogen-bond acceptors (Lipinski definition) is 7. The molecule has 10 heteroatoms. The van der Waals surface area contributed by atoms with E-state index in [9.17, 15) is 19.2 Å². The molecular weight excluding hydrogens is 522 g/mol. The smallest absolute Gasteiger partial charge is 0.410 e. The topological polar surface area (TPSA) is 134 Å². The molecule has 1 unspecified atom stereocenters. The van der Waals surface area contributed by atoms with Crippen LogP contribution in [0.1, 0.15) is 101 Å². The van der Waals surface area contributed by atoms with E-state index in [1.165, 1.54) is 0 Å². The number of anilines is 1. The SMILES string of the molecule is C=C1CCC(N2C(=O)c3ccc(NCCC4CCN(C(=O)OC(C)(C)C)CC4)cc3C2=O)C(=O)N1.CC.CCCN. The number of carbonyl (C=O) groups excluding carboxylic acids is 4. The monoisotopic (exact) mass is 571 g/mol. The van der Waals surface area contributed by atoms with E-state index in [2.05, 4.69) is 24.1 Å². The Bertz CT molecular complexity index is 1090. The summed E-state index contributed by atoms with van der Waals surface area (Å²) in [6, 6.07) is 4.33. The third-order valence-electron chi connectivity index (χ3n) is 6.99. The summed E-state index contributed by atoms with van der Waals surface area (Å²) in [5.74, 6) is -0.738. The van der Waals surface area contributed by atoms with Gasteiger partial charge in [-0.3, -0.25) is 19.3 Å². The zero-order chi connectivity index (χ0) is 30.7. The quantitative estimate of drug-likeness (QED) is 0.413. The van der Waals surface area contributed by atoms with Crippen molar-refractivity contribution in [3.05, 3.63) is 41.6 Å². The minimum Gasteiger partial charge on any atom is -0.444 e. The molecular formula is C31H49N5O5. The van der Waals surface area contributed by atoms with Crippen LogP contribution in [0.5, 0.6) is 0 Å². The zero-order valence-electron chi connectivity index (χ0n) is 25.7. The second-order valence-corrected chi connectivity index (χ2v) is 11.3. The Hall–Kier alpha value is -3.40. The number of hydrogen-bond donors (Lipinski definition) is 3. The van der Waals surface area contributed by atoms with E-state index in [0.717, 1.165) is 49.4 Å². The summed E-state index contributed by atoms with van der Waals surface area (Å²) in [7, 11) is 0. The Morgan fingerprint density at radius 2 is 1.71 bits per heavy atom. The van der Waals surface area contributed by atoms with Gasteiger partial charge < -0.3 is 26.0 Å². The number of amides is 4. The van der Waals surface area contributed by atoms with Crippen LogP contribution in [0.15, 0.2) is 30.5 Å². The minimum absolute atomic E-state index is 0.254. The average molecular weight is 572 g/mol. The van der Waals surface area contributed by atoms with Gasteiger partial charge in [0.15, 0.2) is 0 Å². The van der Waals surface area contributed by atoms with Crippen LogP contribution in [0.2, 0.25) is 0 Å². The normalized spacial score (nSPS) is 19.0. The van der Waals surface area contributed by atoms with E-state index in [4.69, 9.17) is 10.5 Å². The molecule has 1 aromatic rings. The van der Waals surface area contributed by atoms with Gasteiger partial charge in [-0.15, -0.1) is 0 Å². The van der Waals surface area contributed by atoms with E-state index in [1.54, 1.807) is 23.1 Å². The first kappa shape index (κ1) is 33.8. The second-order valence-electron chi connectivity index (χ2n) is 11.3. The Labute approximate surface area is 245 Å². The molecule has 2 saturated heterocycles. The van der Waals surface area contributed by atoms with Crippen molar-refractivity contribution >= 4 is 29.5 Å². The molecule has 228 valence electrons. The Balaban J connectivity index is 0.000000902. The Morgan fingerprint density at radius 1 is 1.10 bits per heavy atom. The molecule has 10 nitrogen and oxygen atoms in total. The lowest BCUT2D eigenvalue weighted by Crippen LogP contribution is -2.51. The maximum absolute atomic E-state index is 13.0. The van der Waals surface area contributed by atoms with Crippen molar-refractivity contribution in [1.82, 2.24) is 15.1 Å². The first-order valence-corrected chi connectivity index (χ1v) is 14.9. The highest BCUT2D eigenvalue weighted by Crippen LogP contribution is 2.30. The predicted molar refractivity (Wildman–Crippen MR) is 162 cm³/mol. The fourth-order valence-electron chi connectivity index (χ4n) is 4.81. The third kappa shape index (κ3) is 9.31. The van der Waals surface area contributed by atoms with Crippen molar-refractivity contribution < 1.29 is 23.9 Å². The third-order valence-corrected chi connectivity index (χ3v) is 6.99. The maximum Gasteiger partial charge on any atom is 0.410 e. The largest absolute Gasteiger partial charge is 0.444 e. The number of benzene rings is 1. The van der Waals surface area contributed by atoms with Gasteiger partial charge in [-0.25, -0.2) is 4.79 Å². The van der Waals surface area contributed by atoms with Crippen LogP contribution >= 0.6 is 0 Å². The van der Waals surface area contributed by atoms with Crippen molar-refractivity contribution in [2.24, 2.45) is 11.7 Å². The van der Waals surface area contributed by atoms with Crippen molar-refractivity contribution in [2.45, 2.75) is 91.7 Å². The highest BCUT2D eigenvalue weighted by Gasteiger charge is 2.44. The molecule has 0 spiro atoms. The van der Waals surface area contributed by atoms with Gasteiger partial charge in [0.2, 0.25) is 5.91 Å². The summed E-state index contributed by atoms with van der Waals surface area (Å²) in [5, 5.41) is 6.00. The molecule has 4 rings (SSSR count). The summed E-state index contributed by atoms with van der Waals surface area (Å²) < 4.78 is 5.45. The molecule has 1 atom stereocenters. The molecule has 4 amide bonds. The number of likely N-dealkylation sites (tertiary alicyclic amines) is 1. The number of fused-ring (bicyclic) bond motifs is 1. The van der Waals surface area contributed by atoms with E-state index < -0.39 is 23.5 Å². The van der Waals surface area contributed by atoms with Crippen molar-refractivity contribution in [3.8, 4) is 0 Å². The molecule has 2 fully saturated rings. The number of allylic oxidation sites excluding steroid dienone is 1. The molecule has 0 bridgehead atoms. The van der Waals surface area contributed by atoms with E-state index in [1.807, 2.05) is 34.6 Å². The fraction of sp³-hybridized carbons (Fsp3) is 0.613. The number of ether oxygens (including phenoxy) is 1. The highest BCUT2D eigenvalue weighted by atomic mass is 16.6. The van der Waals surface area contributed by atoms with Gasteiger partial charge in [0.05, 0.1) is 11.1 Å². The predicted octanol–water partition coefficient (Wildman–Crippen LogP) is 4.91. The number of nitrogens with zero attached hydrogens (tertiary/aromatic N) is 2. The summed E-state index contributed by atoms with van der Waals surface area (Å²) in [6.07, 6.45) is 4.54. The first-order valence-electron chi connectivity index (χ1n) is 14.9. The number of nitrogens with one attached hydrogen (secondary N) is 2.